The number of carbonyl (C=O) groups excluding carboxylic acids is 1. The molecule has 0 aliphatic rings. The Morgan fingerprint density at radius 3 is 2.56 bits per heavy atom. The molecule has 1 aromatic carbocycles. The fourth-order valence-electron chi connectivity index (χ4n) is 1.94. The number of aryl methyl sites for hydroxylation is 1. The molecular formula is C15H23NO2. The van der Waals surface area contributed by atoms with E-state index < -0.39 is 0 Å². The Morgan fingerprint density at radius 1 is 1.33 bits per heavy atom. The van der Waals surface area contributed by atoms with Crippen LogP contribution in [0.1, 0.15) is 44.4 Å². The highest BCUT2D eigenvalue weighted by atomic mass is 16.5. The van der Waals surface area contributed by atoms with Gasteiger partial charge in [-0.25, -0.2) is 0 Å². The van der Waals surface area contributed by atoms with Gasteiger partial charge in [0.2, 0.25) is 5.91 Å². The van der Waals surface area contributed by atoms with Crippen molar-refractivity contribution in [2.24, 2.45) is 5.92 Å². The van der Waals surface area contributed by atoms with Crippen LogP contribution >= 0.6 is 0 Å². The van der Waals surface area contributed by atoms with Crippen molar-refractivity contribution in [3.8, 4) is 5.75 Å². The van der Waals surface area contributed by atoms with Gasteiger partial charge < -0.3 is 10.1 Å². The van der Waals surface area contributed by atoms with Crippen molar-refractivity contribution < 1.29 is 9.53 Å². The minimum Gasteiger partial charge on any atom is -0.496 e. The minimum atomic E-state index is -0.0360. The molecule has 1 N–H and O–H groups in total. The second kappa shape index (κ2) is 6.43. The first-order chi connectivity index (χ1) is 8.43. The van der Waals surface area contributed by atoms with Crippen molar-refractivity contribution in [3.05, 3.63) is 29.3 Å². The Labute approximate surface area is 110 Å². The van der Waals surface area contributed by atoms with E-state index in [1.165, 1.54) is 0 Å². The average Bonchev–Trinajstić information content (AvgIpc) is 2.27. The third kappa shape index (κ3) is 4.06. The molecule has 0 aromatic heterocycles. The van der Waals surface area contributed by atoms with Crippen LogP contribution in [0, 0.1) is 12.8 Å². The van der Waals surface area contributed by atoms with E-state index in [1.807, 2.05) is 39.8 Å². The zero-order chi connectivity index (χ0) is 13.7. The van der Waals surface area contributed by atoms with Crippen molar-refractivity contribution >= 4 is 5.91 Å². The highest BCUT2D eigenvalue weighted by Gasteiger charge is 2.14. The molecule has 0 heterocycles. The molecule has 100 valence electrons. The van der Waals surface area contributed by atoms with Gasteiger partial charge in [0.25, 0.3) is 0 Å². The number of hydrogen-bond donors (Lipinski definition) is 1. The van der Waals surface area contributed by atoms with Gasteiger partial charge in [-0.1, -0.05) is 31.5 Å². The van der Waals surface area contributed by atoms with Crippen molar-refractivity contribution in [1.29, 1.82) is 0 Å². The number of amides is 1. The van der Waals surface area contributed by atoms with E-state index in [0.29, 0.717) is 12.3 Å². The van der Waals surface area contributed by atoms with Crippen LogP contribution in [0.25, 0.3) is 0 Å². The van der Waals surface area contributed by atoms with Gasteiger partial charge in [-0.3, -0.25) is 4.79 Å². The lowest BCUT2D eigenvalue weighted by Gasteiger charge is -2.18. The first kappa shape index (κ1) is 14.6. The van der Waals surface area contributed by atoms with Crippen LogP contribution in [0.3, 0.4) is 0 Å². The summed E-state index contributed by atoms with van der Waals surface area (Å²) in [4.78, 5) is 11.8. The molecule has 1 unspecified atom stereocenters. The molecule has 1 amide bonds. The normalized spacial score (nSPS) is 12.3. The van der Waals surface area contributed by atoms with E-state index in [9.17, 15) is 4.79 Å². The van der Waals surface area contributed by atoms with E-state index in [-0.39, 0.29) is 11.9 Å². The quantitative estimate of drug-likeness (QED) is 0.870. The monoisotopic (exact) mass is 249 g/mol. The van der Waals surface area contributed by atoms with E-state index in [2.05, 4.69) is 11.4 Å². The predicted octanol–water partition coefficient (Wildman–Crippen LogP) is 3.23. The summed E-state index contributed by atoms with van der Waals surface area (Å²) < 4.78 is 5.33. The Bertz CT molecular complexity index is 413. The van der Waals surface area contributed by atoms with Gasteiger partial charge in [-0.2, -0.15) is 0 Å². The van der Waals surface area contributed by atoms with Crippen LogP contribution in [0.2, 0.25) is 0 Å². The molecule has 0 spiro atoms. The molecule has 3 heteroatoms. The maximum atomic E-state index is 11.8. The van der Waals surface area contributed by atoms with E-state index in [1.54, 1.807) is 7.11 Å². The standard InChI is InChI=1S/C15H23NO2/c1-10(2)8-15(17)16-12(4)13-9-11(3)6-7-14(13)18-5/h6-7,9-10,12H,8H2,1-5H3,(H,16,17). The maximum absolute atomic E-state index is 11.8. The lowest BCUT2D eigenvalue weighted by molar-refractivity contribution is -0.122. The SMILES string of the molecule is COc1ccc(C)cc1C(C)NC(=O)CC(C)C. The number of carbonyl (C=O) groups is 1. The second-order valence-corrected chi connectivity index (χ2v) is 5.13. The fraction of sp³-hybridized carbons (Fsp3) is 0.533. The lowest BCUT2D eigenvalue weighted by Crippen LogP contribution is -2.27. The van der Waals surface area contributed by atoms with Gasteiger partial charge in [-0.05, 0) is 25.8 Å². The molecule has 0 saturated heterocycles. The Hall–Kier alpha value is -1.51. The highest BCUT2D eigenvalue weighted by molar-refractivity contribution is 5.76. The average molecular weight is 249 g/mol. The van der Waals surface area contributed by atoms with Crippen molar-refractivity contribution in [3.63, 3.8) is 0 Å². The van der Waals surface area contributed by atoms with Gasteiger partial charge in [0.1, 0.15) is 5.75 Å². The number of nitrogens with one attached hydrogen (secondary N) is 1. The third-order valence-corrected chi connectivity index (χ3v) is 2.82. The molecule has 1 atom stereocenters. The smallest absolute Gasteiger partial charge is 0.220 e. The van der Waals surface area contributed by atoms with Gasteiger partial charge >= 0.3 is 0 Å². The molecule has 18 heavy (non-hydrogen) atoms. The predicted molar refractivity (Wildman–Crippen MR) is 73.7 cm³/mol. The largest absolute Gasteiger partial charge is 0.496 e. The number of ether oxygens (including phenoxy) is 1. The summed E-state index contributed by atoms with van der Waals surface area (Å²) >= 11 is 0. The summed E-state index contributed by atoms with van der Waals surface area (Å²) in [7, 11) is 1.65. The zero-order valence-electron chi connectivity index (χ0n) is 11.9. The maximum Gasteiger partial charge on any atom is 0.220 e. The van der Waals surface area contributed by atoms with Crippen LogP contribution < -0.4 is 10.1 Å². The second-order valence-electron chi connectivity index (χ2n) is 5.13. The Morgan fingerprint density at radius 2 is 2.00 bits per heavy atom. The summed E-state index contributed by atoms with van der Waals surface area (Å²) in [6.45, 7) is 8.09. The first-order valence-electron chi connectivity index (χ1n) is 6.38. The zero-order valence-corrected chi connectivity index (χ0v) is 11.9. The Kier molecular flexibility index (Phi) is 5.20. The summed E-state index contributed by atoms with van der Waals surface area (Å²) in [5, 5.41) is 3.01. The molecular weight excluding hydrogens is 226 g/mol. The summed E-state index contributed by atoms with van der Waals surface area (Å²) in [5.74, 6) is 1.27. The van der Waals surface area contributed by atoms with Crippen molar-refractivity contribution in [2.75, 3.05) is 7.11 Å². The molecule has 0 radical (unpaired) electrons. The Balaban J connectivity index is 2.80. The molecule has 0 aliphatic heterocycles. The lowest BCUT2D eigenvalue weighted by atomic mass is 10.0. The van der Waals surface area contributed by atoms with E-state index >= 15 is 0 Å². The van der Waals surface area contributed by atoms with Gasteiger partial charge in [0, 0.05) is 12.0 Å². The molecule has 0 fully saturated rings. The van der Waals surface area contributed by atoms with E-state index in [0.717, 1.165) is 16.9 Å². The van der Waals surface area contributed by atoms with Crippen LogP contribution in [0.15, 0.2) is 18.2 Å². The van der Waals surface area contributed by atoms with Crippen LogP contribution in [0.5, 0.6) is 5.75 Å². The van der Waals surface area contributed by atoms with Gasteiger partial charge in [-0.15, -0.1) is 0 Å². The minimum absolute atomic E-state index is 0.0360. The van der Waals surface area contributed by atoms with Gasteiger partial charge in [0.15, 0.2) is 0 Å². The number of methoxy groups -OCH3 is 1. The van der Waals surface area contributed by atoms with Crippen molar-refractivity contribution in [2.45, 2.75) is 40.2 Å². The number of benzene rings is 1. The van der Waals surface area contributed by atoms with Crippen LogP contribution in [-0.2, 0) is 4.79 Å². The van der Waals surface area contributed by atoms with E-state index in [4.69, 9.17) is 4.74 Å². The molecule has 0 bridgehead atoms. The van der Waals surface area contributed by atoms with Gasteiger partial charge in [0.05, 0.1) is 13.2 Å². The highest BCUT2D eigenvalue weighted by Crippen LogP contribution is 2.26. The molecule has 0 saturated carbocycles. The molecule has 1 rings (SSSR count). The van der Waals surface area contributed by atoms with Crippen molar-refractivity contribution in [1.82, 2.24) is 5.32 Å². The number of rotatable bonds is 5. The molecule has 1 aromatic rings. The number of hydrogen-bond acceptors (Lipinski definition) is 2. The topological polar surface area (TPSA) is 38.3 Å². The molecule has 3 nitrogen and oxygen atoms in total. The van der Waals surface area contributed by atoms with Crippen LogP contribution in [-0.4, -0.2) is 13.0 Å². The first-order valence-corrected chi connectivity index (χ1v) is 6.38. The molecule has 0 aliphatic carbocycles. The fourth-order valence-corrected chi connectivity index (χ4v) is 1.94. The van der Waals surface area contributed by atoms with Crippen LogP contribution in [0.4, 0.5) is 0 Å². The summed E-state index contributed by atoms with van der Waals surface area (Å²) in [6, 6.07) is 5.96. The summed E-state index contributed by atoms with van der Waals surface area (Å²) in [6.07, 6.45) is 0.554. The summed E-state index contributed by atoms with van der Waals surface area (Å²) in [5.41, 5.74) is 2.19. The third-order valence-electron chi connectivity index (χ3n) is 2.82.